The Morgan fingerprint density at radius 3 is 2.48 bits per heavy atom. The maximum absolute atomic E-state index is 13.0. The zero-order chi connectivity index (χ0) is 16.2. The first kappa shape index (κ1) is 16.1. The number of nitrogens with two attached hydrogens (primary N) is 1. The molecule has 126 valence electrons. The summed E-state index contributed by atoms with van der Waals surface area (Å²) in [4.78, 5) is 11.4. The van der Waals surface area contributed by atoms with Gasteiger partial charge in [0.2, 0.25) is 0 Å². The van der Waals surface area contributed by atoms with Crippen LogP contribution in [0, 0.1) is 5.82 Å². The number of halogens is 1. The van der Waals surface area contributed by atoms with Crippen molar-refractivity contribution in [1.29, 1.82) is 0 Å². The third-order valence-electron chi connectivity index (χ3n) is 4.93. The first-order chi connectivity index (χ1) is 11.1. The molecule has 0 aromatic heterocycles. The molecule has 1 aromatic carbocycles. The molecule has 0 aliphatic carbocycles. The van der Waals surface area contributed by atoms with Crippen LogP contribution >= 0.6 is 0 Å². The van der Waals surface area contributed by atoms with Crippen molar-refractivity contribution in [3.63, 3.8) is 0 Å². The van der Waals surface area contributed by atoms with Gasteiger partial charge in [0.25, 0.3) is 0 Å². The Morgan fingerprint density at radius 2 is 1.87 bits per heavy atom. The van der Waals surface area contributed by atoms with Gasteiger partial charge in [0, 0.05) is 37.9 Å². The van der Waals surface area contributed by atoms with Gasteiger partial charge in [0.05, 0.1) is 6.54 Å². The molecule has 1 unspecified atom stereocenters. The van der Waals surface area contributed by atoms with Gasteiger partial charge in [0.15, 0.2) is 5.96 Å². The number of likely N-dealkylation sites (tertiary alicyclic amines) is 1. The molecular formula is C17H26FN5. The lowest BCUT2D eigenvalue weighted by Crippen LogP contribution is -2.51. The van der Waals surface area contributed by atoms with Crippen molar-refractivity contribution in [1.82, 2.24) is 9.80 Å². The number of likely N-dealkylation sites (N-methyl/N-ethyl adjacent to an activating group) is 1. The van der Waals surface area contributed by atoms with E-state index in [1.54, 1.807) is 0 Å². The minimum absolute atomic E-state index is 0.194. The van der Waals surface area contributed by atoms with E-state index in [4.69, 9.17) is 5.73 Å². The first-order valence-electron chi connectivity index (χ1n) is 8.39. The van der Waals surface area contributed by atoms with Crippen LogP contribution in [0.1, 0.15) is 12.8 Å². The average Bonchev–Trinajstić information content (AvgIpc) is 2.99. The summed E-state index contributed by atoms with van der Waals surface area (Å²) in [5.41, 5.74) is 7.23. The molecule has 2 fully saturated rings. The molecule has 1 aromatic rings. The predicted molar refractivity (Wildman–Crippen MR) is 92.3 cm³/mol. The van der Waals surface area contributed by atoms with Crippen LogP contribution in [0.4, 0.5) is 10.1 Å². The highest BCUT2D eigenvalue weighted by Gasteiger charge is 2.22. The molecule has 5 nitrogen and oxygen atoms in total. The number of hydrogen-bond donors (Lipinski definition) is 1. The second kappa shape index (κ2) is 7.17. The summed E-state index contributed by atoms with van der Waals surface area (Å²) >= 11 is 0. The normalized spacial score (nSPS) is 23.6. The molecule has 23 heavy (non-hydrogen) atoms. The van der Waals surface area contributed by atoms with Gasteiger partial charge >= 0.3 is 0 Å². The number of anilines is 1. The van der Waals surface area contributed by atoms with E-state index >= 15 is 0 Å². The highest BCUT2D eigenvalue weighted by atomic mass is 19.1. The lowest BCUT2D eigenvalue weighted by atomic mass is 10.2. The molecule has 2 aliphatic heterocycles. The van der Waals surface area contributed by atoms with Crippen molar-refractivity contribution in [2.24, 2.45) is 10.7 Å². The molecule has 0 amide bonds. The van der Waals surface area contributed by atoms with Crippen LogP contribution in [0.15, 0.2) is 29.3 Å². The molecule has 3 rings (SSSR count). The summed E-state index contributed by atoms with van der Waals surface area (Å²) in [6.07, 6.45) is 2.47. The zero-order valence-corrected chi connectivity index (χ0v) is 13.8. The van der Waals surface area contributed by atoms with Crippen LogP contribution in [0.25, 0.3) is 0 Å². The van der Waals surface area contributed by atoms with Crippen molar-refractivity contribution in [3.05, 3.63) is 30.1 Å². The number of aliphatic imine (C=N–C) groups is 1. The van der Waals surface area contributed by atoms with Crippen LogP contribution in [0.5, 0.6) is 0 Å². The highest BCUT2D eigenvalue weighted by molar-refractivity contribution is 5.78. The minimum atomic E-state index is -0.194. The highest BCUT2D eigenvalue weighted by Crippen LogP contribution is 2.17. The molecule has 0 spiro atoms. The Bertz CT molecular complexity index is 536. The molecular weight excluding hydrogens is 293 g/mol. The molecule has 6 heteroatoms. The van der Waals surface area contributed by atoms with E-state index in [0.717, 1.165) is 45.0 Å². The first-order valence-corrected chi connectivity index (χ1v) is 8.39. The number of piperazine rings is 1. The molecule has 2 aliphatic rings. The summed E-state index contributed by atoms with van der Waals surface area (Å²) in [6, 6.07) is 7.22. The van der Waals surface area contributed by atoms with E-state index in [2.05, 4.69) is 26.7 Å². The largest absolute Gasteiger partial charge is 0.370 e. The van der Waals surface area contributed by atoms with E-state index < -0.39 is 0 Å². The van der Waals surface area contributed by atoms with Crippen molar-refractivity contribution < 1.29 is 4.39 Å². The van der Waals surface area contributed by atoms with E-state index in [0.29, 0.717) is 12.0 Å². The molecule has 2 saturated heterocycles. The maximum atomic E-state index is 13.0. The fraction of sp³-hybridized carbons (Fsp3) is 0.588. The van der Waals surface area contributed by atoms with Gasteiger partial charge in [-0.2, -0.15) is 0 Å². The van der Waals surface area contributed by atoms with Gasteiger partial charge in [-0.05, 0) is 50.7 Å². The summed E-state index contributed by atoms with van der Waals surface area (Å²) < 4.78 is 13.0. The molecule has 0 saturated carbocycles. The van der Waals surface area contributed by atoms with Crippen LogP contribution in [-0.2, 0) is 0 Å². The number of guanidine groups is 1. The quantitative estimate of drug-likeness (QED) is 0.675. The van der Waals surface area contributed by atoms with Gasteiger partial charge in [-0.15, -0.1) is 0 Å². The Balaban J connectivity index is 1.50. The summed E-state index contributed by atoms with van der Waals surface area (Å²) in [6.45, 7) is 5.42. The Hall–Kier alpha value is -1.82. The third kappa shape index (κ3) is 3.93. The molecule has 0 radical (unpaired) electrons. The van der Waals surface area contributed by atoms with Crippen molar-refractivity contribution in [2.75, 3.05) is 51.2 Å². The minimum Gasteiger partial charge on any atom is -0.370 e. The Kier molecular flexibility index (Phi) is 5.00. The van der Waals surface area contributed by atoms with Gasteiger partial charge < -0.3 is 20.4 Å². The summed E-state index contributed by atoms with van der Waals surface area (Å²) in [5, 5.41) is 0. The number of benzene rings is 1. The average molecular weight is 319 g/mol. The van der Waals surface area contributed by atoms with Crippen molar-refractivity contribution >= 4 is 11.6 Å². The lowest BCUT2D eigenvalue weighted by Gasteiger charge is -2.36. The van der Waals surface area contributed by atoms with Gasteiger partial charge in [-0.3, -0.25) is 4.99 Å². The predicted octanol–water partition coefficient (Wildman–Crippen LogP) is 1.36. The van der Waals surface area contributed by atoms with E-state index in [-0.39, 0.29) is 5.82 Å². The van der Waals surface area contributed by atoms with E-state index in [9.17, 15) is 4.39 Å². The second-order valence-electron chi connectivity index (χ2n) is 6.43. The van der Waals surface area contributed by atoms with Crippen LogP contribution < -0.4 is 10.6 Å². The molecule has 0 bridgehead atoms. The van der Waals surface area contributed by atoms with Gasteiger partial charge in [-0.25, -0.2) is 4.39 Å². The second-order valence-corrected chi connectivity index (χ2v) is 6.43. The Labute approximate surface area is 137 Å². The van der Waals surface area contributed by atoms with Crippen LogP contribution in [0.3, 0.4) is 0 Å². The summed E-state index contributed by atoms with van der Waals surface area (Å²) in [7, 11) is 2.16. The third-order valence-corrected chi connectivity index (χ3v) is 4.93. The monoisotopic (exact) mass is 319 g/mol. The zero-order valence-electron chi connectivity index (χ0n) is 13.8. The van der Waals surface area contributed by atoms with E-state index in [1.807, 2.05) is 12.1 Å². The number of nitrogens with zero attached hydrogens (tertiary/aromatic N) is 4. The fourth-order valence-electron chi connectivity index (χ4n) is 3.35. The lowest BCUT2D eigenvalue weighted by molar-refractivity contribution is 0.315. The summed E-state index contributed by atoms with van der Waals surface area (Å²) in [5.74, 6) is 0.463. The van der Waals surface area contributed by atoms with Crippen molar-refractivity contribution in [3.8, 4) is 0 Å². The standard InChI is InChI=1S/C17H26FN5/c1-21-8-2-3-16(21)13-20-17(19)23-11-9-22(10-12-23)15-6-4-14(18)5-7-15/h4-7,16H,2-3,8-13H2,1H3,(H2,19,20). The van der Waals surface area contributed by atoms with Gasteiger partial charge in [-0.1, -0.05) is 0 Å². The van der Waals surface area contributed by atoms with Crippen molar-refractivity contribution in [2.45, 2.75) is 18.9 Å². The SMILES string of the molecule is CN1CCCC1CN=C(N)N1CCN(c2ccc(F)cc2)CC1. The molecule has 1 atom stereocenters. The molecule has 2 heterocycles. The Morgan fingerprint density at radius 1 is 1.17 bits per heavy atom. The fourth-order valence-corrected chi connectivity index (χ4v) is 3.35. The van der Waals surface area contributed by atoms with Gasteiger partial charge in [0.1, 0.15) is 5.82 Å². The smallest absolute Gasteiger partial charge is 0.191 e. The van der Waals surface area contributed by atoms with E-state index in [1.165, 1.54) is 25.0 Å². The maximum Gasteiger partial charge on any atom is 0.191 e. The van der Waals surface area contributed by atoms with Crippen LogP contribution in [0.2, 0.25) is 0 Å². The van der Waals surface area contributed by atoms with Crippen LogP contribution in [-0.4, -0.2) is 68.1 Å². The topological polar surface area (TPSA) is 48.1 Å². The number of hydrogen-bond acceptors (Lipinski definition) is 3. The molecule has 2 N–H and O–H groups in total. The number of rotatable bonds is 3.